The molecule has 0 unspecified atom stereocenters. The summed E-state index contributed by atoms with van der Waals surface area (Å²) in [6.45, 7) is 12.5. The smallest absolute Gasteiger partial charge is 0.264 e. The Kier molecular flexibility index (Phi) is 35.9. The monoisotopic (exact) mass is 1290 g/mol. The lowest BCUT2D eigenvalue weighted by atomic mass is 10.2. The Morgan fingerprint density at radius 2 is 0.987 bits per heavy atom. The molecule has 0 amide bonds. The molecule has 0 bridgehead atoms. The maximum Gasteiger partial charge on any atom is 0.264 e. The molecule has 3 aromatic heterocycles. The molecule has 0 spiro atoms. The highest BCUT2D eigenvalue weighted by atomic mass is 128. The number of nitrogen functional groups attached to an aromatic ring is 3. The summed E-state index contributed by atoms with van der Waals surface area (Å²) in [5, 5.41) is 49.6. The first-order valence-electron chi connectivity index (χ1n) is 22.4. The summed E-state index contributed by atoms with van der Waals surface area (Å²) in [4.78, 5) is 7.16. The topological polar surface area (TPSA) is 325 Å². The molecule has 27 heteroatoms. The van der Waals surface area contributed by atoms with Crippen LogP contribution in [0.4, 0.5) is 28.8 Å². The van der Waals surface area contributed by atoms with Gasteiger partial charge in [-0.25, -0.2) is 14.0 Å². The molecular formula is C48H76I2N16O8S. The quantitative estimate of drug-likeness (QED) is 0.0427. The van der Waals surface area contributed by atoms with E-state index in [1.807, 2.05) is 36.4 Å². The Morgan fingerprint density at radius 3 is 1.35 bits per heavy atom. The molecule has 416 valence electrons. The molecule has 24 nitrogen and oxygen atoms in total. The number of ether oxygens (including phenoxy) is 4. The third kappa shape index (κ3) is 24.7. The van der Waals surface area contributed by atoms with Gasteiger partial charge in [0.05, 0.1) is 70.9 Å². The van der Waals surface area contributed by atoms with Crippen LogP contribution in [0.5, 0.6) is 11.5 Å². The first-order valence-corrected chi connectivity index (χ1v) is 30.5. The van der Waals surface area contributed by atoms with E-state index in [2.05, 4.69) is 107 Å². The standard InChI is InChI=1S/C19H26N6O2.C13H20N2O2.C7H10N4O3S.C6H8N4O.3CH4.I2/c1-26-12-13-27-18-4-2-17(3-5-18)24-9-6-23(7-10-24)8-11-25-19(21)16(14-20)15-22-25;1-16-10-11-17-13-4-2-12(3-5-13)15-8-6-14-7-9-15;1-15(12,13)14-3-2-11-7(9)6(4-8)5-10-11;7-3-5-4-9-10(1-2-11)6(5)8;;;;1-2/h2-5,15H,6-13,21H2,1H3;2-5,14H,6-11H2,1H3;5H,2-3,9H2,1H3;4,11H,1-2,8H2;3*1H4;. The lowest BCUT2D eigenvalue weighted by Gasteiger charge is -2.36. The average Bonchev–Trinajstić information content (AvgIpc) is 4.08. The van der Waals surface area contributed by atoms with E-state index < -0.39 is 10.1 Å². The number of hydrogen-bond donors (Lipinski definition) is 5. The highest BCUT2D eigenvalue weighted by Crippen LogP contribution is 2.22. The molecule has 2 aromatic carbocycles. The van der Waals surface area contributed by atoms with Gasteiger partial charge in [0.25, 0.3) is 10.1 Å². The second-order valence-electron chi connectivity index (χ2n) is 15.3. The van der Waals surface area contributed by atoms with Crippen molar-refractivity contribution in [3.05, 3.63) is 83.8 Å². The zero-order chi connectivity index (χ0) is 52.7. The Bertz CT molecular complexity index is 2550. The van der Waals surface area contributed by atoms with Crippen LogP contribution in [0.1, 0.15) is 39.0 Å². The van der Waals surface area contributed by atoms with Crippen molar-refractivity contribution in [3.63, 3.8) is 0 Å². The Morgan fingerprint density at radius 1 is 0.600 bits per heavy atom. The number of aromatic nitrogens is 6. The van der Waals surface area contributed by atoms with Crippen molar-refractivity contribution in [2.24, 2.45) is 0 Å². The number of halogens is 2. The van der Waals surface area contributed by atoms with Crippen molar-refractivity contribution in [1.82, 2.24) is 39.6 Å². The Labute approximate surface area is 466 Å². The zero-order valence-electron chi connectivity index (χ0n) is 40.6. The number of aliphatic hydroxyl groups is 1. The van der Waals surface area contributed by atoms with Gasteiger partial charge < -0.3 is 56.4 Å². The first-order chi connectivity index (χ1) is 34.8. The van der Waals surface area contributed by atoms with E-state index in [1.165, 1.54) is 39.3 Å². The minimum absolute atomic E-state index is 0. The van der Waals surface area contributed by atoms with Crippen molar-refractivity contribution in [1.29, 1.82) is 15.8 Å². The SMILES string of the molecule is C.C.C.COCCOc1ccc(N2CCN(CCn3ncc(C#N)c3N)CC2)cc1.COCCOc1ccc(N2CCNCC2)cc1.CS(=O)(=O)OCCn1ncc(C#N)c1N.II.N#Cc1cnn(CCO)c1N. The third-order valence-electron chi connectivity index (χ3n) is 10.5. The number of methoxy groups -OCH3 is 2. The van der Waals surface area contributed by atoms with E-state index in [4.69, 9.17) is 57.0 Å². The minimum Gasteiger partial charge on any atom is -0.491 e. The molecule has 7 rings (SSSR count). The molecule has 8 N–H and O–H groups in total. The minimum atomic E-state index is -3.45. The van der Waals surface area contributed by atoms with Crippen LogP contribution in [-0.4, -0.2) is 167 Å². The van der Waals surface area contributed by atoms with Crippen molar-refractivity contribution < 1.29 is 36.7 Å². The average molecular weight is 1290 g/mol. The summed E-state index contributed by atoms with van der Waals surface area (Å²) in [6, 6.07) is 22.3. The van der Waals surface area contributed by atoms with Gasteiger partial charge in [-0.1, -0.05) is 22.3 Å². The molecule has 5 aromatic rings. The summed E-state index contributed by atoms with van der Waals surface area (Å²) >= 11 is 4.24. The van der Waals surface area contributed by atoms with Crippen LogP contribution in [0.15, 0.2) is 67.1 Å². The number of nitrogens with zero attached hydrogens (tertiary/aromatic N) is 12. The molecule has 0 aliphatic carbocycles. The fourth-order valence-corrected chi connectivity index (χ4v) is 7.11. The number of hydrogen-bond acceptors (Lipinski definition) is 21. The fourth-order valence-electron chi connectivity index (χ4n) is 6.73. The highest BCUT2D eigenvalue weighted by Gasteiger charge is 2.18. The number of piperazine rings is 2. The number of nitrogens with two attached hydrogens (primary N) is 3. The summed E-state index contributed by atoms with van der Waals surface area (Å²) in [7, 11) is -0.109. The molecule has 2 aliphatic heterocycles. The predicted octanol–water partition coefficient (Wildman–Crippen LogP) is 4.63. The van der Waals surface area contributed by atoms with Crippen molar-refractivity contribution >= 4 is 76.2 Å². The van der Waals surface area contributed by atoms with Gasteiger partial charge >= 0.3 is 0 Å². The zero-order valence-corrected chi connectivity index (χ0v) is 45.8. The molecule has 0 atom stereocenters. The van der Waals surface area contributed by atoms with Gasteiger partial charge in [0.2, 0.25) is 0 Å². The van der Waals surface area contributed by atoms with Gasteiger partial charge in [0.15, 0.2) is 0 Å². The van der Waals surface area contributed by atoms with Crippen molar-refractivity contribution in [3.8, 4) is 29.7 Å². The number of nitriles is 3. The van der Waals surface area contributed by atoms with Crippen LogP contribution in [0.25, 0.3) is 0 Å². The third-order valence-corrected chi connectivity index (χ3v) is 11.1. The first kappa shape index (κ1) is 69.3. The van der Waals surface area contributed by atoms with Crippen molar-refractivity contribution in [2.75, 3.05) is 146 Å². The van der Waals surface area contributed by atoms with Crippen molar-refractivity contribution in [2.45, 2.75) is 41.9 Å². The molecule has 2 fully saturated rings. The van der Waals surface area contributed by atoms with Gasteiger partial charge in [0, 0.05) is 122 Å². The summed E-state index contributed by atoms with van der Waals surface area (Å²) < 4.78 is 51.2. The maximum absolute atomic E-state index is 10.6. The van der Waals surface area contributed by atoms with E-state index in [1.54, 1.807) is 18.9 Å². The van der Waals surface area contributed by atoms with Gasteiger partial charge in [-0.05, 0) is 48.5 Å². The summed E-state index contributed by atoms with van der Waals surface area (Å²) in [6.07, 6.45) is 5.18. The molecule has 75 heavy (non-hydrogen) atoms. The van der Waals surface area contributed by atoms with Crippen LogP contribution in [-0.2, 0) is 43.4 Å². The maximum atomic E-state index is 10.6. The predicted molar refractivity (Wildman–Crippen MR) is 312 cm³/mol. The number of anilines is 5. The lowest BCUT2D eigenvalue weighted by molar-refractivity contribution is 0.146. The lowest BCUT2D eigenvalue weighted by Crippen LogP contribution is -2.47. The normalized spacial score (nSPS) is 12.7. The van der Waals surface area contributed by atoms with E-state index in [-0.39, 0.29) is 53.4 Å². The molecule has 0 radical (unpaired) electrons. The molecule has 0 saturated carbocycles. The van der Waals surface area contributed by atoms with Gasteiger partial charge in [-0.15, -0.1) is 0 Å². The van der Waals surface area contributed by atoms with Gasteiger partial charge in [-0.3, -0.25) is 9.08 Å². The number of benzene rings is 2. The number of rotatable bonds is 19. The van der Waals surface area contributed by atoms with E-state index in [0.717, 1.165) is 76.7 Å². The summed E-state index contributed by atoms with van der Waals surface area (Å²) in [5.74, 6) is 2.73. The van der Waals surface area contributed by atoms with Crippen LogP contribution >= 0.6 is 37.2 Å². The van der Waals surface area contributed by atoms with Crippen LogP contribution < -0.4 is 41.8 Å². The Balaban J connectivity index is 0.000000999. The van der Waals surface area contributed by atoms with Gasteiger partial charge in [-0.2, -0.15) is 39.5 Å². The number of nitrogens with one attached hydrogen (secondary N) is 1. The molecule has 2 aliphatic rings. The second kappa shape index (κ2) is 38.8. The van der Waals surface area contributed by atoms with Gasteiger partial charge in [0.1, 0.15) is 77.1 Å². The van der Waals surface area contributed by atoms with Crippen LogP contribution in [0.3, 0.4) is 0 Å². The second-order valence-corrected chi connectivity index (χ2v) is 17.0. The largest absolute Gasteiger partial charge is 0.491 e. The van der Waals surface area contributed by atoms with Crippen LogP contribution in [0.2, 0.25) is 0 Å². The molecule has 2 saturated heterocycles. The summed E-state index contributed by atoms with van der Waals surface area (Å²) in [5.41, 5.74) is 20.4. The highest BCUT2D eigenvalue weighted by molar-refractivity contribution is 15.0. The van der Waals surface area contributed by atoms with E-state index in [9.17, 15) is 8.42 Å². The number of aliphatic hydroxyl groups excluding tert-OH is 1. The Hall–Kier alpha value is -5.69. The van der Waals surface area contributed by atoms with E-state index >= 15 is 0 Å². The van der Waals surface area contributed by atoms with E-state index in [0.29, 0.717) is 62.3 Å². The molecular weight excluding hydrogens is 1210 g/mol. The van der Waals surface area contributed by atoms with Crippen LogP contribution in [0, 0.1) is 34.0 Å². The fraction of sp³-hybridized carbons (Fsp3) is 0.500. The molecule has 5 heterocycles.